The Hall–Kier alpha value is -1.84. The van der Waals surface area contributed by atoms with Gasteiger partial charge in [-0.15, -0.1) is 0 Å². The molecule has 0 saturated heterocycles. The van der Waals surface area contributed by atoms with Gasteiger partial charge in [-0.1, -0.05) is 29.8 Å². The van der Waals surface area contributed by atoms with E-state index in [1.54, 1.807) is 7.11 Å². The molecular weight excluding hydrogens is 240 g/mol. The summed E-state index contributed by atoms with van der Waals surface area (Å²) in [6, 6.07) is 13.5. The molecule has 2 aromatic rings. The summed E-state index contributed by atoms with van der Waals surface area (Å²) in [5.41, 5.74) is 2.94. The van der Waals surface area contributed by atoms with Gasteiger partial charge in [0.1, 0.15) is 11.5 Å². The van der Waals surface area contributed by atoms with Crippen LogP contribution < -0.4 is 4.74 Å². The number of aryl methyl sites for hydroxylation is 1. The number of methoxy groups -OCH3 is 1. The standard InChI is InChI=1S/C16H18O3/c1-12-6-7-16(14(8-12)10-17)19-15-5-3-4-13(9-15)11-18-2/h3-9,17H,10-11H2,1-2H3. The molecule has 0 bridgehead atoms. The second-order valence-corrected chi connectivity index (χ2v) is 4.45. The highest BCUT2D eigenvalue weighted by Gasteiger charge is 2.05. The zero-order valence-corrected chi connectivity index (χ0v) is 11.2. The molecule has 0 aliphatic carbocycles. The van der Waals surface area contributed by atoms with E-state index in [0.29, 0.717) is 12.4 Å². The van der Waals surface area contributed by atoms with Crippen molar-refractivity contribution < 1.29 is 14.6 Å². The number of aliphatic hydroxyl groups is 1. The molecule has 0 spiro atoms. The molecule has 0 aromatic heterocycles. The maximum absolute atomic E-state index is 9.36. The average molecular weight is 258 g/mol. The van der Waals surface area contributed by atoms with Gasteiger partial charge in [-0.05, 0) is 30.7 Å². The lowest BCUT2D eigenvalue weighted by Crippen LogP contribution is -1.94. The molecule has 0 fully saturated rings. The van der Waals surface area contributed by atoms with Crippen LogP contribution in [0.25, 0.3) is 0 Å². The van der Waals surface area contributed by atoms with Crippen molar-refractivity contribution in [2.75, 3.05) is 7.11 Å². The van der Waals surface area contributed by atoms with E-state index in [2.05, 4.69) is 0 Å². The molecule has 0 aliphatic rings. The molecule has 0 heterocycles. The number of ether oxygens (including phenoxy) is 2. The van der Waals surface area contributed by atoms with Crippen LogP contribution in [0.2, 0.25) is 0 Å². The second kappa shape index (κ2) is 6.36. The van der Waals surface area contributed by atoms with Crippen molar-refractivity contribution in [2.24, 2.45) is 0 Å². The van der Waals surface area contributed by atoms with Gasteiger partial charge in [-0.2, -0.15) is 0 Å². The van der Waals surface area contributed by atoms with Gasteiger partial charge in [-0.25, -0.2) is 0 Å². The Kier molecular flexibility index (Phi) is 4.55. The highest BCUT2D eigenvalue weighted by atomic mass is 16.5. The molecule has 1 N–H and O–H groups in total. The van der Waals surface area contributed by atoms with Gasteiger partial charge in [0.25, 0.3) is 0 Å². The fourth-order valence-electron chi connectivity index (χ4n) is 1.92. The van der Waals surface area contributed by atoms with E-state index in [-0.39, 0.29) is 6.61 Å². The first-order chi connectivity index (χ1) is 9.22. The predicted octanol–water partition coefficient (Wildman–Crippen LogP) is 3.43. The van der Waals surface area contributed by atoms with Crippen LogP contribution in [-0.2, 0) is 18.0 Å². The third-order valence-corrected chi connectivity index (χ3v) is 2.82. The largest absolute Gasteiger partial charge is 0.457 e. The topological polar surface area (TPSA) is 38.7 Å². The van der Waals surface area contributed by atoms with Gasteiger partial charge in [0.15, 0.2) is 0 Å². The van der Waals surface area contributed by atoms with Crippen molar-refractivity contribution in [1.82, 2.24) is 0 Å². The maximum Gasteiger partial charge on any atom is 0.132 e. The van der Waals surface area contributed by atoms with Crippen LogP contribution in [0.15, 0.2) is 42.5 Å². The molecular formula is C16H18O3. The van der Waals surface area contributed by atoms with Gasteiger partial charge >= 0.3 is 0 Å². The third-order valence-electron chi connectivity index (χ3n) is 2.82. The van der Waals surface area contributed by atoms with Crippen molar-refractivity contribution in [3.05, 3.63) is 59.2 Å². The van der Waals surface area contributed by atoms with Crippen molar-refractivity contribution in [3.63, 3.8) is 0 Å². The van der Waals surface area contributed by atoms with Crippen molar-refractivity contribution in [2.45, 2.75) is 20.1 Å². The molecule has 2 aromatic carbocycles. The number of rotatable bonds is 5. The van der Waals surface area contributed by atoms with Crippen LogP contribution in [-0.4, -0.2) is 12.2 Å². The van der Waals surface area contributed by atoms with Gasteiger partial charge in [0.05, 0.1) is 13.2 Å². The van der Waals surface area contributed by atoms with E-state index in [9.17, 15) is 5.11 Å². The van der Waals surface area contributed by atoms with Crippen LogP contribution in [0, 0.1) is 6.92 Å². The minimum absolute atomic E-state index is 0.0330. The molecule has 0 aliphatic heterocycles. The zero-order chi connectivity index (χ0) is 13.7. The van der Waals surface area contributed by atoms with E-state index in [1.807, 2.05) is 49.4 Å². The summed E-state index contributed by atoms with van der Waals surface area (Å²) >= 11 is 0. The Morgan fingerprint density at radius 2 is 1.95 bits per heavy atom. The SMILES string of the molecule is COCc1cccc(Oc2ccc(C)cc2CO)c1. The molecule has 2 rings (SSSR count). The van der Waals surface area contributed by atoms with Crippen molar-refractivity contribution in [1.29, 1.82) is 0 Å². The molecule has 0 unspecified atom stereocenters. The quantitative estimate of drug-likeness (QED) is 0.893. The molecule has 3 heteroatoms. The summed E-state index contributed by atoms with van der Waals surface area (Å²) in [5, 5.41) is 9.36. The summed E-state index contributed by atoms with van der Waals surface area (Å²) in [7, 11) is 1.66. The minimum atomic E-state index is -0.0330. The van der Waals surface area contributed by atoms with Crippen LogP contribution in [0.5, 0.6) is 11.5 Å². The van der Waals surface area contributed by atoms with Gasteiger partial charge in [-0.3, -0.25) is 0 Å². The number of hydrogen-bond acceptors (Lipinski definition) is 3. The first-order valence-corrected chi connectivity index (χ1v) is 6.19. The van der Waals surface area contributed by atoms with E-state index in [1.165, 1.54) is 0 Å². The zero-order valence-electron chi connectivity index (χ0n) is 11.2. The fraction of sp³-hybridized carbons (Fsp3) is 0.250. The van der Waals surface area contributed by atoms with E-state index in [0.717, 1.165) is 22.4 Å². The smallest absolute Gasteiger partial charge is 0.132 e. The highest BCUT2D eigenvalue weighted by Crippen LogP contribution is 2.27. The fourth-order valence-corrected chi connectivity index (χ4v) is 1.92. The Morgan fingerprint density at radius 3 is 2.68 bits per heavy atom. The Balaban J connectivity index is 2.23. The second-order valence-electron chi connectivity index (χ2n) is 4.45. The van der Waals surface area contributed by atoms with Crippen LogP contribution in [0.4, 0.5) is 0 Å². The summed E-state index contributed by atoms with van der Waals surface area (Å²) in [6.07, 6.45) is 0. The third kappa shape index (κ3) is 3.56. The Bertz CT molecular complexity index is 549. The van der Waals surface area contributed by atoms with Crippen LogP contribution >= 0.6 is 0 Å². The average Bonchev–Trinajstić information content (AvgIpc) is 2.41. The monoisotopic (exact) mass is 258 g/mol. The van der Waals surface area contributed by atoms with Crippen molar-refractivity contribution >= 4 is 0 Å². The lowest BCUT2D eigenvalue weighted by molar-refractivity contribution is 0.184. The molecule has 0 amide bonds. The van der Waals surface area contributed by atoms with E-state index in [4.69, 9.17) is 9.47 Å². The summed E-state index contributed by atoms with van der Waals surface area (Å²) in [4.78, 5) is 0. The predicted molar refractivity (Wildman–Crippen MR) is 74.3 cm³/mol. The van der Waals surface area contributed by atoms with Crippen molar-refractivity contribution in [3.8, 4) is 11.5 Å². The Labute approximate surface area is 113 Å². The first-order valence-electron chi connectivity index (χ1n) is 6.19. The molecule has 3 nitrogen and oxygen atoms in total. The lowest BCUT2D eigenvalue weighted by Gasteiger charge is -2.11. The first kappa shape index (κ1) is 13.6. The lowest BCUT2D eigenvalue weighted by atomic mass is 10.1. The molecule has 100 valence electrons. The maximum atomic E-state index is 9.36. The van der Waals surface area contributed by atoms with Gasteiger partial charge < -0.3 is 14.6 Å². The molecule has 0 radical (unpaired) electrons. The summed E-state index contributed by atoms with van der Waals surface area (Å²) in [5.74, 6) is 1.43. The summed E-state index contributed by atoms with van der Waals surface area (Å²) < 4.78 is 10.9. The summed E-state index contributed by atoms with van der Waals surface area (Å²) in [6.45, 7) is 2.51. The minimum Gasteiger partial charge on any atom is -0.457 e. The molecule has 19 heavy (non-hydrogen) atoms. The van der Waals surface area contributed by atoms with E-state index < -0.39 is 0 Å². The normalized spacial score (nSPS) is 10.5. The number of hydrogen-bond donors (Lipinski definition) is 1. The van der Waals surface area contributed by atoms with Crippen LogP contribution in [0.3, 0.4) is 0 Å². The molecule has 0 saturated carbocycles. The van der Waals surface area contributed by atoms with Gasteiger partial charge in [0.2, 0.25) is 0 Å². The van der Waals surface area contributed by atoms with Gasteiger partial charge in [0, 0.05) is 12.7 Å². The molecule has 0 atom stereocenters. The van der Waals surface area contributed by atoms with Crippen LogP contribution in [0.1, 0.15) is 16.7 Å². The highest BCUT2D eigenvalue weighted by molar-refractivity contribution is 5.40. The Morgan fingerprint density at radius 1 is 1.11 bits per heavy atom. The van der Waals surface area contributed by atoms with E-state index >= 15 is 0 Å². The number of benzene rings is 2. The number of aliphatic hydroxyl groups excluding tert-OH is 1.